The molecule has 0 aliphatic heterocycles. The van der Waals surface area contributed by atoms with Gasteiger partial charge in [0.25, 0.3) is 0 Å². The zero-order valence-corrected chi connectivity index (χ0v) is 13.0. The van der Waals surface area contributed by atoms with Crippen LogP contribution in [0.25, 0.3) is 0 Å². The van der Waals surface area contributed by atoms with Gasteiger partial charge in [-0.1, -0.05) is 29.8 Å². The van der Waals surface area contributed by atoms with Crippen LogP contribution in [0.5, 0.6) is 0 Å². The molecule has 2 aromatic carbocycles. The Hall–Kier alpha value is -1.52. The molecular weight excluding hydrogens is 311 g/mol. The summed E-state index contributed by atoms with van der Waals surface area (Å²) in [5.74, 6) is -0.454. The van der Waals surface area contributed by atoms with Crippen molar-refractivity contribution in [3.63, 3.8) is 0 Å². The standard InChI is InChI=1S/C16H14ClFO2S/c1-11(16(19)12-6-8-14(18)9-7-12)21(20)10-13-4-2-3-5-15(13)17/h2-9,11H,10H2,1H3. The van der Waals surface area contributed by atoms with E-state index in [1.165, 1.54) is 24.3 Å². The van der Waals surface area contributed by atoms with Crippen LogP contribution in [0.2, 0.25) is 5.02 Å². The quantitative estimate of drug-likeness (QED) is 0.779. The predicted molar refractivity (Wildman–Crippen MR) is 83.5 cm³/mol. The summed E-state index contributed by atoms with van der Waals surface area (Å²) < 4.78 is 25.2. The van der Waals surface area contributed by atoms with Gasteiger partial charge in [-0.3, -0.25) is 9.00 Å². The fraction of sp³-hybridized carbons (Fsp3) is 0.188. The van der Waals surface area contributed by atoms with Gasteiger partial charge in [-0.05, 0) is 42.8 Å². The molecular formula is C16H14ClFO2S. The minimum Gasteiger partial charge on any atom is -0.293 e. The van der Waals surface area contributed by atoms with E-state index in [9.17, 15) is 13.4 Å². The molecule has 2 unspecified atom stereocenters. The molecule has 0 radical (unpaired) electrons. The second kappa shape index (κ2) is 6.96. The van der Waals surface area contributed by atoms with Gasteiger partial charge in [0.2, 0.25) is 0 Å². The minimum atomic E-state index is -1.39. The highest BCUT2D eigenvalue weighted by Crippen LogP contribution is 2.19. The number of Topliss-reactive ketones (excluding diaryl/α,β-unsaturated/α-hetero) is 1. The Balaban J connectivity index is 2.10. The third-order valence-corrected chi connectivity index (χ3v) is 5.11. The highest BCUT2D eigenvalue weighted by molar-refractivity contribution is 7.85. The van der Waals surface area contributed by atoms with Gasteiger partial charge in [-0.2, -0.15) is 0 Å². The molecule has 5 heteroatoms. The second-order valence-corrected chi connectivity index (χ2v) is 6.79. The summed E-state index contributed by atoms with van der Waals surface area (Å²) in [6.07, 6.45) is 0. The first-order valence-electron chi connectivity index (χ1n) is 6.39. The van der Waals surface area contributed by atoms with E-state index < -0.39 is 21.9 Å². The zero-order valence-electron chi connectivity index (χ0n) is 11.4. The first-order valence-corrected chi connectivity index (χ1v) is 8.15. The number of rotatable bonds is 5. The van der Waals surface area contributed by atoms with E-state index in [1.54, 1.807) is 25.1 Å². The van der Waals surface area contributed by atoms with Gasteiger partial charge in [0.15, 0.2) is 5.78 Å². The topological polar surface area (TPSA) is 34.1 Å². The molecule has 2 aromatic rings. The van der Waals surface area contributed by atoms with Crippen LogP contribution >= 0.6 is 11.6 Å². The Bertz CT molecular complexity index is 670. The Morgan fingerprint density at radius 3 is 2.43 bits per heavy atom. The monoisotopic (exact) mass is 324 g/mol. The van der Waals surface area contributed by atoms with Crippen molar-refractivity contribution in [1.29, 1.82) is 0 Å². The third-order valence-electron chi connectivity index (χ3n) is 3.15. The molecule has 2 nitrogen and oxygen atoms in total. The molecule has 110 valence electrons. The van der Waals surface area contributed by atoms with Crippen molar-refractivity contribution in [2.75, 3.05) is 0 Å². The van der Waals surface area contributed by atoms with Crippen LogP contribution in [0.4, 0.5) is 4.39 Å². The maximum atomic E-state index is 12.9. The highest BCUT2D eigenvalue weighted by atomic mass is 35.5. The Morgan fingerprint density at radius 1 is 1.19 bits per heavy atom. The van der Waals surface area contributed by atoms with E-state index in [1.807, 2.05) is 6.07 Å². The molecule has 0 bridgehead atoms. The summed E-state index contributed by atoms with van der Waals surface area (Å²) in [6, 6.07) is 12.4. The van der Waals surface area contributed by atoms with Gasteiger partial charge in [0, 0.05) is 21.4 Å². The second-order valence-electron chi connectivity index (χ2n) is 4.63. The van der Waals surface area contributed by atoms with Crippen molar-refractivity contribution < 1.29 is 13.4 Å². The van der Waals surface area contributed by atoms with Crippen LogP contribution in [0.1, 0.15) is 22.8 Å². The average molecular weight is 325 g/mol. The van der Waals surface area contributed by atoms with Crippen LogP contribution < -0.4 is 0 Å². The average Bonchev–Trinajstić information content (AvgIpc) is 2.49. The fourth-order valence-electron chi connectivity index (χ4n) is 1.86. The van der Waals surface area contributed by atoms with Crippen LogP contribution in [-0.2, 0) is 16.6 Å². The van der Waals surface area contributed by atoms with Gasteiger partial charge in [-0.15, -0.1) is 0 Å². The maximum absolute atomic E-state index is 12.9. The lowest BCUT2D eigenvalue weighted by Gasteiger charge is -2.11. The smallest absolute Gasteiger partial charge is 0.178 e. The lowest BCUT2D eigenvalue weighted by Crippen LogP contribution is -2.23. The summed E-state index contributed by atoms with van der Waals surface area (Å²) in [5.41, 5.74) is 1.10. The molecule has 0 amide bonds. The summed E-state index contributed by atoms with van der Waals surface area (Å²) in [6.45, 7) is 1.61. The van der Waals surface area contributed by atoms with E-state index in [2.05, 4.69) is 0 Å². The summed E-state index contributed by atoms with van der Waals surface area (Å²) in [5, 5.41) is -0.140. The molecule has 0 N–H and O–H groups in total. The van der Waals surface area contributed by atoms with Crippen molar-refractivity contribution in [3.8, 4) is 0 Å². The molecule has 2 atom stereocenters. The van der Waals surface area contributed by atoms with Crippen molar-refractivity contribution in [3.05, 3.63) is 70.5 Å². The van der Waals surface area contributed by atoms with Crippen LogP contribution in [0, 0.1) is 5.82 Å². The molecule has 0 heterocycles. The molecule has 21 heavy (non-hydrogen) atoms. The van der Waals surface area contributed by atoms with E-state index in [0.29, 0.717) is 10.6 Å². The minimum absolute atomic E-state index is 0.216. The molecule has 0 fully saturated rings. The predicted octanol–water partition coefficient (Wildman–Crippen LogP) is 4.00. The Kier molecular flexibility index (Phi) is 5.26. The molecule has 0 aliphatic carbocycles. The van der Waals surface area contributed by atoms with Crippen LogP contribution in [0.3, 0.4) is 0 Å². The number of halogens is 2. The number of benzene rings is 2. The number of ketones is 1. The normalized spacial score (nSPS) is 13.7. The third kappa shape index (κ3) is 3.99. The highest BCUT2D eigenvalue weighted by Gasteiger charge is 2.22. The number of hydrogen-bond acceptors (Lipinski definition) is 2. The van der Waals surface area contributed by atoms with Gasteiger partial charge < -0.3 is 0 Å². The van der Waals surface area contributed by atoms with E-state index in [0.717, 1.165) is 5.56 Å². The maximum Gasteiger partial charge on any atom is 0.178 e. The van der Waals surface area contributed by atoms with Gasteiger partial charge in [0.1, 0.15) is 5.82 Å². The van der Waals surface area contributed by atoms with Crippen molar-refractivity contribution in [2.24, 2.45) is 0 Å². The molecule has 0 aromatic heterocycles. The van der Waals surface area contributed by atoms with E-state index >= 15 is 0 Å². The Morgan fingerprint density at radius 2 is 1.81 bits per heavy atom. The lowest BCUT2D eigenvalue weighted by atomic mass is 10.1. The first kappa shape index (κ1) is 15.9. The van der Waals surface area contributed by atoms with Gasteiger partial charge in [-0.25, -0.2) is 4.39 Å². The molecule has 0 spiro atoms. The number of carbonyl (C=O) groups is 1. The molecule has 0 saturated carbocycles. The van der Waals surface area contributed by atoms with Gasteiger partial charge in [0.05, 0.1) is 11.0 Å². The van der Waals surface area contributed by atoms with Crippen LogP contribution in [-0.4, -0.2) is 15.2 Å². The van der Waals surface area contributed by atoms with Crippen molar-refractivity contribution in [2.45, 2.75) is 17.9 Å². The summed E-state index contributed by atoms with van der Waals surface area (Å²) in [4.78, 5) is 12.2. The molecule has 0 aliphatic rings. The van der Waals surface area contributed by atoms with Crippen molar-refractivity contribution >= 4 is 28.2 Å². The van der Waals surface area contributed by atoms with Gasteiger partial charge >= 0.3 is 0 Å². The van der Waals surface area contributed by atoms with E-state index in [-0.39, 0.29) is 11.5 Å². The van der Waals surface area contributed by atoms with Crippen LogP contribution in [0.15, 0.2) is 48.5 Å². The Labute approximate surface area is 130 Å². The zero-order chi connectivity index (χ0) is 15.4. The molecule has 0 saturated heterocycles. The molecule has 2 rings (SSSR count). The number of hydrogen-bond donors (Lipinski definition) is 0. The first-order chi connectivity index (χ1) is 9.99. The summed E-state index contributed by atoms with van der Waals surface area (Å²) >= 11 is 6.03. The lowest BCUT2D eigenvalue weighted by molar-refractivity contribution is 0.0992. The SMILES string of the molecule is CC(C(=O)c1ccc(F)cc1)S(=O)Cc1ccccc1Cl. The fourth-order valence-corrected chi connectivity index (χ4v) is 3.33. The largest absolute Gasteiger partial charge is 0.293 e. The summed E-state index contributed by atoms with van der Waals surface area (Å²) in [7, 11) is -1.39. The number of carbonyl (C=O) groups excluding carboxylic acids is 1. The van der Waals surface area contributed by atoms with E-state index in [4.69, 9.17) is 11.6 Å². The van der Waals surface area contributed by atoms with Crippen molar-refractivity contribution in [1.82, 2.24) is 0 Å².